The van der Waals surface area contributed by atoms with Crippen LogP contribution in [0.25, 0.3) is 0 Å². The molecule has 3 nitrogen and oxygen atoms in total. The van der Waals surface area contributed by atoms with Crippen LogP contribution in [-0.2, 0) is 0 Å². The zero-order valence-electron chi connectivity index (χ0n) is 8.99. The van der Waals surface area contributed by atoms with E-state index < -0.39 is 0 Å². The second-order valence-corrected chi connectivity index (χ2v) is 5.15. The van der Waals surface area contributed by atoms with Crippen molar-refractivity contribution in [2.45, 2.75) is 25.7 Å². The molecule has 1 fully saturated rings. The van der Waals surface area contributed by atoms with Crippen molar-refractivity contribution >= 4 is 21.9 Å². The van der Waals surface area contributed by atoms with Gasteiger partial charge in [0.1, 0.15) is 0 Å². The summed E-state index contributed by atoms with van der Waals surface area (Å²) in [7, 11) is 2.07. The lowest BCUT2D eigenvalue weighted by Crippen LogP contribution is -2.25. The van der Waals surface area contributed by atoms with Crippen molar-refractivity contribution in [1.82, 2.24) is 9.97 Å². The first-order valence-corrected chi connectivity index (χ1v) is 6.23. The predicted molar refractivity (Wildman–Crippen MR) is 65.0 cm³/mol. The molecule has 15 heavy (non-hydrogen) atoms. The van der Waals surface area contributed by atoms with Gasteiger partial charge in [-0.3, -0.25) is 0 Å². The highest BCUT2D eigenvalue weighted by Gasteiger charge is 2.17. The summed E-state index contributed by atoms with van der Waals surface area (Å²) in [5.74, 6) is 1.66. The standard InChI is InChI=1S/C11H16BrN3/c1-15(8-9-4-2-3-5-9)11-13-6-10(12)7-14-11/h6-7,9H,2-5,8H2,1H3. The van der Waals surface area contributed by atoms with Gasteiger partial charge in [0.2, 0.25) is 5.95 Å². The van der Waals surface area contributed by atoms with Crippen molar-refractivity contribution in [3.63, 3.8) is 0 Å². The summed E-state index contributed by atoms with van der Waals surface area (Å²) < 4.78 is 0.931. The average molecular weight is 270 g/mol. The van der Waals surface area contributed by atoms with Crippen molar-refractivity contribution in [3.8, 4) is 0 Å². The second kappa shape index (κ2) is 4.92. The van der Waals surface area contributed by atoms with Crippen LogP contribution in [0, 0.1) is 5.92 Å². The van der Waals surface area contributed by atoms with Crippen LogP contribution < -0.4 is 4.90 Å². The summed E-state index contributed by atoms with van der Waals surface area (Å²) >= 11 is 3.34. The van der Waals surface area contributed by atoms with Crippen molar-refractivity contribution in [3.05, 3.63) is 16.9 Å². The maximum atomic E-state index is 4.29. The summed E-state index contributed by atoms with van der Waals surface area (Å²) in [5.41, 5.74) is 0. The van der Waals surface area contributed by atoms with Crippen LogP contribution in [0.1, 0.15) is 25.7 Å². The molecule has 1 saturated carbocycles. The van der Waals surface area contributed by atoms with Crippen molar-refractivity contribution in [1.29, 1.82) is 0 Å². The van der Waals surface area contributed by atoms with Crippen molar-refractivity contribution in [2.24, 2.45) is 5.92 Å². The normalized spacial score (nSPS) is 16.9. The van der Waals surface area contributed by atoms with E-state index in [1.54, 1.807) is 12.4 Å². The van der Waals surface area contributed by atoms with E-state index in [0.717, 1.165) is 22.9 Å². The number of aromatic nitrogens is 2. The summed E-state index contributed by atoms with van der Waals surface area (Å²) in [6.07, 6.45) is 9.10. The van der Waals surface area contributed by atoms with E-state index in [1.807, 2.05) is 0 Å². The highest BCUT2D eigenvalue weighted by Crippen LogP contribution is 2.25. The van der Waals surface area contributed by atoms with Gasteiger partial charge in [-0.05, 0) is 34.7 Å². The van der Waals surface area contributed by atoms with Gasteiger partial charge in [0.15, 0.2) is 0 Å². The molecule has 1 heterocycles. The fourth-order valence-corrected chi connectivity index (χ4v) is 2.37. The summed E-state index contributed by atoms with van der Waals surface area (Å²) in [5, 5.41) is 0. The van der Waals surface area contributed by atoms with Crippen LogP contribution in [0.3, 0.4) is 0 Å². The Morgan fingerprint density at radius 1 is 1.33 bits per heavy atom. The molecule has 4 heteroatoms. The minimum absolute atomic E-state index is 0.824. The smallest absolute Gasteiger partial charge is 0.225 e. The Morgan fingerprint density at radius 3 is 2.53 bits per heavy atom. The van der Waals surface area contributed by atoms with E-state index in [-0.39, 0.29) is 0 Å². The topological polar surface area (TPSA) is 29.0 Å². The Morgan fingerprint density at radius 2 is 1.93 bits per heavy atom. The first-order chi connectivity index (χ1) is 7.25. The molecular formula is C11H16BrN3. The molecule has 82 valence electrons. The molecule has 0 unspecified atom stereocenters. The van der Waals surface area contributed by atoms with Gasteiger partial charge in [0, 0.05) is 26.0 Å². The minimum Gasteiger partial charge on any atom is -0.344 e. The average Bonchev–Trinajstić information content (AvgIpc) is 2.71. The van der Waals surface area contributed by atoms with Gasteiger partial charge in [0.05, 0.1) is 4.47 Å². The van der Waals surface area contributed by atoms with Gasteiger partial charge in [-0.25, -0.2) is 9.97 Å². The number of hydrogen-bond acceptors (Lipinski definition) is 3. The van der Waals surface area contributed by atoms with Crippen LogP contribution in [-0.4, -0.2) is 23.6 Å². The van der Waals surface area contributed by atoms with Gasteiger partial charge in [-0.2, -0.15) is 0 Å². The van der Waals surface area contributed by atoms with Crippen LogP contribution in [0.5, 0.6) is 0 Å². The molecule has 0 spiro atoms. The quantitative estimate of drug-likeness (QED) is 0.845. The lowest BCUT2D eigenvalue weighted by Gasteiger charge is -2.20. The summed E-state index contributed by atoms with van der Waals surface area (Å²) in [6, 6.07) is 0. The van der Waals surface area contributed by atoms with E-state index in [9.17, 15) is 0 Å². The van der Waals surface area contributed by atoms with E-state index in [4.69, 9.17) is 0 Å². The van der Waals surface area contributed by atoms with E-state index in [2.05, 4.69) is 37.8 Å². The lowest BCUT2D eigenvalue weighted by molar-refractivity contribution is 0.542. The molecule has 0 bridgehead atoms. The molecule has 0 N–H and O–H groups in total. The maximum absolute atomic E-state index is 4.29. The molecule has 1 aliphatic rings. The van der Waals surface area contributed by atoms with Crippen molar-refractivity contribution in [2.75, 3.05) is 18.5 Å². The molecule has 1 aliphatic carbocycles. The summed E-state index contributed by atoms with van der Waals surface area (Å²) in [6.45, 7) is 1.08. The highest BCUT2D eigenvalue weighted by atomic mass is 79.9. The molecule has 1 aromatic heterocycles. The molecule has 0 saturated heterocycles. The van der Waals surface area contributed by atoms with Gasteiger partial charge in [-0.1, -0.05) is 12.8 Å². The Balaban J connectivity index is 1.94. The third kappa shape index (κ3) is 2.91. The molecule has 0 aliphatic heterocycles. The van der Waals surface area contributed by atoms with Crippen LogP contribution in [0.2, 0.25) is 0 Å². The first kappa shape index (κ1) is 10.9. The number of nitrogens with zero attached hydrogens (tertiary/aromatic N) is 3. The van der Waals surface area contributed by atoms with E-state index in [0.29, 0.717) is 0 Å². The Hall–Kier alpha value is -0.640. The molecular weight excluding hydrogens is 254 g/mol. The SMILES string of the molecule is CN(CC1CCCC1)c1ncc(Br)cn1. The van der Waals surface area contributed by atoms with Gasteiger partial charge >= 0.3 is 0 Å². The molecule has 0 radical (unpaired) electrons. The summed E-state index contributed by atoms with van der Waals surface area (Å²) in [4.78, 5) is 10.7. The second-order valence-electron chi connectivity index (χ2n) is 4.23. The van der Waals surface area contributed by atoms with Crippen LogP contribution >= 0.6 is 15.9 Å². The monoisotopic (exact) mass is 269 g/mol. The lowest BCUT2D eigenvalue weighted by atomic mass is 10.1. The van der Waals surface area contributed by atoms with E-state index in [1.165, 1.54) is 25.7 Å². The van der Waals surface area contributed by atoms with Gasteiger partial charge in [-0.15, -0.1) is 0 Å². The Bertz CT molecular complexity index is 306. The highest BCUT2D eigenvalue weighted by molar-refractivity contribution is 9.10. The minimum atomic E-state index is 0.824. The van der Waals surface area contributed by atoms with Gasteiger partial charge < -0.3 is 4.90 Å². The van der Waals surface area contributed by atoms with Crippen LogP contribution in [0.4, 0.5) is 5.95 Å². The van der Waals surface area contributed by atoms with Crippen LogP contribution in [0.15, 0.2) is 16.9 Å². The van der Waals surface area contributed by atoms with Crippen molar-refractivity contribution < 1.29 is 0 Å². The number of anilines is 1. The van der Waals surface area contributed by atoms with E-state index >= 15 is 0 Å². The molecule has 2 rings (SSSR count). The predicted octanol–water partition coefficient (Wildman–Crippen LogP) is 2.87. The zero-order valence-corrected chi connectivity index (χ0v) is 10.6. The van der Waals surface area contributed by atoms with Gasteiger partial charge in [0.25, 0.3) is 0 Å². The number of halogens is 1. The molecule has 0 aromatic carbocycles. The Labute approximate surface area is 99.0 Å². The molecule has 0 amide bonds. The molecule has 0 atom stereocenters. The molecule has 1 aromatic rings. The largest absolute Gasteiger partial charge is 0.344 e. The zero-order chi connectivity index (χ0) is 10.7. The third-order valence-electron chi connectivity index (χ3n) is 2.95. The number of rotatable bonds is 3. The fourth-order valence-electron chi connectivity index (χ4n) is 2.16. The first-order valence-electron chi connectivity index (χ1n) is 5.44. The number of hydrogen-bond donors (Lipinski definition) is 0. The fraction of sp³-hybridized carbons (Fsp3) is 0.636. The third-order valence-corrected chi connectivity index (χ3v) is 3.36. The Kier molecular flexibility index (Phi) is 3.57. The maximum Gasteiger partial charge on any atom is 0.225 e.